The predicted molar refractivity (Wildman–Crippen MR) is 83.5 cm³/mol. The number of hydrogen-bond donors (Lipinski definition) is 1. The minimum atomic E-state index is -0.288. The van der Waals surface area contributed by atoms with Gasteiger partial charge >= 0.3 is 0 Å². The number of aromatic nitrogens is 1. The Morgan fingerprint density at radius 1 is 1.45 bits per heavy atom. The second-order valence-electron chi connectivity index (χ2n) is 6.75. The van der Waals surface area contributed by atoms with E-state index in [1.807, 2.05) is 0 Å². The van der Waals surface area contributed by atoms with Crippen molar-refractivity contribution in [1.82, 2.24) is 9.88 Å². The molecule has 1 fully saturated rings. The van der Waals surface area contributed by atoms with E-state index in [2.05, 4.69) is 23.7 Å². The smallest absolute Gasteiger partial charge is 0.226 e. The van der Waals surface area contributed by atoms with Crippen LogP contribution in [0, 0.1) is 11.2 Å². The topological polar surface area (TPSA) is 55.3 Å². The molecule has 118 valence electrons. The quantitative estimate of drug-likeness (QED) is 0.947. The van der Waals surface area contributed by atoms with Crippen molar-refractivity contribution in [2.24, 2.45) is 11.1 Å². The first kappa shape index (κ1) is 15.2. The van der Waals surface area contributed by atoms with Crippen LogP contribution >= 0.6 is 0 Å². The van der Waals surface area contributed by atoms with Crippen molar-refractivity contribution < 1.29 is 8.81 Å². The molecule has 5 heteroatoms. The fourth-order valence-electron chi connectivity index (χ4n) is 2.98. The fraction of sp³-hybridized carbons (Fsp3) is 0.471. The molecule has 2 aromatic rings. The predicted octanol–water partition coefficient (Wildman–Crippen LogP) is 3.04. The summed E-state index contributed by atoms with van der Waals surface area (Å²) in [6.45, 7) is 7.04. The average Bonchev–Trinajstić information content (AvgIpc) is 2.91. The molecule has 0 spiro atoms. The van der Waals surface area contributed by atoms with Crippen LogP contribution in [0.4, 0.5) is 4.39 Å². The molecule has 1 aliphatic heterocycles. The molecule has 1 saturated heterocycles. The molecular formula is C17H22FN3O. The number of hydrogen-bond acceptors (Lipinski definition) is 4. The Balaban J connectivity index is 1.70. The zero-order chi connectivity index (χ0) is 15.7. The summed E-state index contributed by atoms with van der Waals surface area (Å²) in [7, 11) is 0. The highest BCUT2D eigenvalue weighted by atomic mass is 19.1. The standard InChI is InChI=1S/C17H22FN3O/c1-17(2)11-21(7-6-15(17)19)9-14-10-22-16(20-14)12-4-3-5-13(18)8-12/h3-5,8,10,15H,6-7,9,11,19H2,1-2H3. The Kier molecular flexibility index (Phi) is 4.02. The van der Waals surface area contributed by atoms with E-state index in [9.17, 15) is 4.39 Å². The van der Waals surface area contributed by atoms with Gasteiger partial charge in [-0.3, -0.25) is 4.90 Å². The Morgan fingerprint density at radius 3 is 3.00 bits per heavy atom. The molecule has 22 heavy (non-hydrogen) atoms. The first-order valence-electron chi connectivity index (χ1n) is 7.62. The van der Waals surface area contributed by atoms with Gasteiger partial charge in [0, 0.05) is 31.2 Å². The lowest BCUT2D eigenvalue weighted by molar-refractivity contribution is 0.0889. The molecule has 3 rings (SSSR count). The zero-order valence-electron chi connectivity index (χ0n) is 13.1. The van der Waals surface area contributed by atoms with Crippen LogP contribution in [-0.2, 0) is 6.54 Å². The van der Waals surface area contributed by atoms with Gasteiger partial charge in [-0.25, -0.2) is 9.37 Å². The summed E-state index contributed by atoms with van der Waals surface area (Å²) in [5, 5.41) is 0. The average molecular weight is 303 g/mol. The van der Waals surface area contributed by atoms with Crippen LogP contribution < -0.4 is 5.73 Å². The summed E-state index contributed by atoms with van der Waals surface area (Å²) in [6.07, 6.45) is 2.64. The third kappa shape index (κ3) is 3.20. The molecular weight excluding hydrogens is 281 g/mol. The largest absolute Gasteiger partial charge is 0.444 e. The number of halogens is 1. The van der Waals surface area contributed by atoms with E-state index in [-0.39, 0.29) is 17.3 Å². The van der Waals surface area contributed by atoms with Crippen molar-refractivity contribution >= 4 is 0 Å². The van der Waals surface area contributed by atoms with Gasteiger partial charge in [-0.1, -0.05) is 19.9 Å². The lowest BCUT2D eigenvalue weighted by Gasteiger charge is -2.42. The number of rotatable bonds is 3. The number of nitrogens with zero attached hydrogens (tertiary/aromatic N) is 2. The molecule has 1 atom stereocenters. The fourth-order valence-corrected chi connectivity index (χ4v) is 2.98. The second-order valence-corrected chi connectivity index (χ2v) is 6.75. The summed E-state index contributed by atoms with van der Waals surface area (Å²) in [5.74, 6) is 0.173. The highest BCUT2D eigenvalue weighted by Crippen LogP contribution is 2.29. The maximum absolute atomic E-state index is 13.3. The van der Waals surface area contributed by atoms with Gasteiger partial charge in [0.25, 0.3) is 0 Å². The van der Waals surface area contributed by atoms with Crippen LogP contribution in [0.5, 0.6) is 0 Å². The number of piperidine rings is 1. The van der Waals surface area contributed by atoms with Crippen molar-refractivity contribution in [3.05, 3.63) is 42.0 Å². The van der Waals surface area contributed by atoms with Gasteiger partial charge in [0.1, 0.15) is 12.1 Å². The molecule has 0 amide bonds. The van der Waals surface area contributed by atoms with E-state index >= 15 is 0 Å². The Labute approximate surface area is 130 Å². The molecule has 1 unspecified atom stereocenters. The summed E-state index contributed by atoms with van der Waals surface area (Å²) >= 11 is 0. The third-order valence-corrected chi connectivity index (χ3v) is 4.40. The minimum absolute atomic E-state index is 0.105. The Bertz CT molecular complexity index is 653. The van der Waals surface area contributed by atoms with Crippen molar-refractivity contribution in [2.45, 2.75) is 32.9 Å². The summed E-state index contributed by atoms with van der Waals surface area (Å²) in [5.41, 5.74) is 7.80. The Hall–Kier alpha value is -1.72. The van der Waals surface area contributed by atoms with E-state index in [1.165, 1.54) is 12.1 Å². The summed E-state index contributed by atoms with van der Waals surface area (Å²) in [6, 6.07) is 6.53. The molecule has 0 aliphatic carbocycles. The molecule has 1 aliphatic rings. The minimum Gasteiger partial charge on any atom is -0.444 e. The van der Waals surface area contributed by atoms with Gasteiger partial charge in [0.05, 0.1) is 5.69 Å². The van der Waals surface area contributed by atoms with Crippen molar-refractivity contribution in [3.8, 4) is 11.5 Å². The van der Waals surface area contributed by atoms with E-state index in [0.29, 0.717) is 11.5 Å². The normalized spacial score (nSPS) is 21.9. The van der Waals surface area contributed by atoms with Crippen LogP contribution in [0.3, 0.4) is 0 Å². The molecule has 1 aromatic heterocycles. The van der Waals surface area contributed by atoms with E-state index in [4.69, 9.17) is 10.2 Å². The molecule has 0 saturated carbocycles. The van der Waals surface area contributed by atoms with E-state index < -0.39 is 0 Å². The monoisotopic (exact) mass is 303 g/mol. The number of likely N-dealkylation sites (tertiary alicyclic amines) is 1. The molecule has 4 nitrogen and oxygen atoms in total. The highest BCUT2D eigenvalue weighted by molar-refractivity contribution is 5.52. The van der Waals surface area contributed by atoms with Crippen LogP contribution in [0.1, 0.15) is 26.0 Å². The maximum atomic E-state index is 13.3. The lowest BCUT2D eigenvalue weighted by Crippen LogP contribution is -2.52. The summed E-state index contributed by atoms with van der Waals surface area (Å²) in [4.78, 5) is 6.82. The molecule has 0 bridgehead atoms. The van der Waals surface area contributed by atoms with Gasteiger partial charge in [-0.05, 0) is 30.0 Å². The molecule has 1 aromatic carbocycles. The van der Waals surface area contributed by atoms with Crippen LogP contribution in [0.15, 0.2) is 34.9 Å². The van der Waals surface area contributed by atoms with Gasteiger partial charge < -0.3 is 10.2 Å². The van der Waals surface area contributed by atoms with Gasteiger partial charge in [-0.15, -0.1) is 0 Å². The second kappa shape index (κ2) is 5.82. The van der Waals surface area contributed by atoms with Crippen molar-refractivity contribution in [2.75, 3.05) is 13.1 Å². The SMILES string of the molecule is CC1(C)CN(Cc2coc(-c3cccc(F)c3)n2)CCC1N. The molecule has 2 heterocycles. The number of nitrogens with two attached hydrogens (primary N) is 1. The highest BCUT2D eigenvalue weighted by Gasteiger charge is 2.33. The zero-order valence-corrected chi connectivity index (χ0v) is 13.1. The van der Waals surface area contributed by atoms with Gasteiger partial charge in [-0.2, -0.15) is 0 Å². The number of oxazole rings is 1. The van der Waals surface area contributed by atoms with Crippen molar-refractivity contribution in [1.29, 1.82) is 0 Å². The van der Waals surface area contributed by atoms with Crippen LogP contribution in [0.2, 0.25) is 0 Å². The van der Waals surface area contributed by atoms with Gasteiger partial charge in [0.15, 0.2) is 0 Å². The third-order valence-electron chi connectivity index (χ3n) is 4.40. The first-order valence-corrected chi connectivity index (χ1v) is 7.62. The molecule has 0 radical (unpaired) electrons. The molecule has 2 N–H and O–H groups in total. The summed E-state index contributed by atoms with van der Waals surface area (Å²) < 4.78 is 18.8. The van der Waals surface area contributed by atoms with Crippen molar-refractivity contribution in [3.63, 3.8) is 0 Å². The van der Waals surface area contributed by atoms with E-state index in [1.54, 1.807) is 18.4 Å². The van der Waals surface area contributed by atoms with Crippen LogP contribution in [-0.4, -0.2) is 29.0 Å². The Morgan fingerprint density at radius 2 is 2.27 bits per heavy atom. The number of benzene rings is 1. The first-order chi connectivity index (χ1) is 10.4. The maximum Gasteiger partial charge on any atom is 0.226 e. The van der Waals surface area contributed by atoms with Crippen LogP contribution in [0.25, 0.3) is 11.5 Å². The lowest BCUT2D eigenvalue weighted by atomic mass is 9.80. The van der Waals surface area contributed by atoms with E-state index in [0.717, 1.165) is 31.7 Å². The van der Waals surface area contributed by atoms with Gasteiger partial charge in [0.2, 0.25) is 5.89 Å².